The number of nitrogens with zero attached hydrogens (tertiary/aromatic N) is 2. The quantitative estimate of drug-likeness (QED) is 0.735. The second kappa shape index (κ2) is 10.1. The molecular formula is C22H31ClFN3O4. The number of halogens is 2. The van der Waals surface area contributed by atoms with Crippen LogP contribution in [0.25, 0.3) is 0 Å². The van der Waals surface area contributed by atoms with Crippen LogP contribution in [-0.4, -0.2) is 72.1 Å². The van der Waals surface area contributed by atoms with Gasteiger partial charge in [0.25, 0.3) is 0 Å². The van der Waals surface area contributed by atoms with E-state index in [0.29, 0.717) is 32.0 Å². The molecule has 2 amide bonds. The Morgan fingerprint density at radius 3 is 2.48 bits per heavy atom. The number of carbonyl (C=O) groups excluding carboxylic acids is 2. The second-order valence-electron chi connectivity index (χ2n) is 8.63. The maximum absolute atomic E-state index is 13.0. The first kappa shape index (κ1) is 23.8. The fourth-order valence-corrected chi connectivity index (χ4v) is 4.73. The van der Waals surface area contributed by atoms with Crippen LogP contribution >= 0.6 is 12.4 Å². The first-order chi connectivity index (χ1) is 14.4. The van der Waals surface area contributed by atoms with Crippen LogP contribution < -0.4 is 10.5 Å². The van der Waals surface area contributed by atoms with E-state index in [4.69, 9.17) is 15.2 Å². The van der Waals surface area contributed by atoms with Gasteiger partial charge in [0.05, 0.1) is 12.1 Å². The second-order valence-corrected chi connectivity index (χ2v) is 8.63. The fourth-order valence-electron chi connectivity index (χ4n) is 4.73. The molecule has 9 heteroatoms. The van der Waals surface area contributed by atoms with Gasteiger partial charge in [0.1, 0.15) is 30.9 Å². The molecule has 1 aromatic rings. The van der Waals surface area contributed by atoms with Crippen LogP contribution in [0, 0.1) is 5.82 Å². The van der Waals surface area contributed by atoms with Crippen LogP contribution in [0.1, 0.15) is 38.5 Å². The number of rotatable bonds is 5. The number of morpholine rings is 1. The average Bonchev–Trinajstić information content (AvgIpc) is 3.21. The number of hydrogen-bond acceptors (Lipinski definition) is 5. The number of ether oxygens (including phenoxy) is 2. The molecule has 1 unspecified atom stereocenters. The van der Waals surface area contributed by atoms with E-state index < -0.39 is 5.54 Å². The zero-order valence-electron chi connectivity index (χ0n) is 17.6. The van der Waals surface area contributed by atoms with E-state index in [-0.39, 0.29) is 48.8 Å². The monoisotopic (exact) mass is 455 g/mol. The van der Waals surface area contributed by atoms with Gasteiger partial charge >= 0.3 is 0 Å². The summed E-state index contributed by atoms with van der Waals surface area (Å²) in [5.41, 5.74) is 5.64. The van der Waals surface area contributed by atoms with Crippen LogP contribution in [0.4, 0.5) is 4.39 Å². The summed E-state index contributed by atoms with van der Waals surface area (Å²) in [5, 5.41) is 0. The molecular weight excluding hydrogens is 425 g/mol. The molecule has 2 saturated heterocycles. The molecule has 2 aliphatic heterocycles. The lowest BCUT2D eigenvalue weighted by Crippen LogP contribution is -2.59. The van der Waals surface area contributed by atoms with Gasteiger partial charge in [-0.3, -0.25) is 9.59 Å². The predicted octanol–water partition coefficient (Wildman–Crippen LogP) is 2.12. The van der Waals surface area contributed by atoms with Crippen LogP contribution in [0.15, 0.2) is 24.3 Å². The van der Waals surface area contributed by atoms with Crippen molar-refractivity contribution in [2.45, 2.75) is 56.2 Å². The van der Waals surface area contributed by atoms with Gasteiger partial charge in [0, 0.05) is 19.1 Å². The van der Waals surface area contributed by atoms with Crippen LogP contribution in [-0.2, 0) is 14.3 Å². The third-order valence-corrected chi connectivity index (χ3v) is 6.53. The molecule has 1 saturated carbocycles. The zero-order chi connectivity index (χ0) is 21.1. The Morgan fingerprint density at radius 2 is 1.84 bits per heavy atom. The first-order valence-electron chi connectivity index (χ1n) is 10.8. The maximum atomic E-state index is 13.0. The van der Waals surface area contributed by atoms with Crippen molar-refractivity contribution in [3.63, 3.8) is 0 Å². The Morgan fingerprint density at radius 1 is 1.19 bits per heavy atom. The van der Waals surface area contributed by atoms with Crippen LogP contribution in [0.5, 0.6) is 5.75 Å². The molecule has 1 atom stereocenters. The Kier molecular flexibility index (Phi) is 7.78. The number of carbonyl (C=O) groups is 2. The molecule has 2 N–H and O–H groups in total. The molecule has 0 radical (unpaired) electrons. The molecule has 0 aromatic heterocycles. The van der Waals surface area contributed by atoms with E-state index in [1.165, 1.54) is 12.1 Å². The van der Waals surface area contributed by atoms with Gasteiger partial charge in [-0.15, -0.1) is 12.4 Å². The topological polar surface area (TPSA) is 85.1 Å². The summed E-state index contributed by atoms with van der Waals surface area (Å²) in [4.78, 5) is 29.0. The minimum atomic E-state index is -0.690. The molecule has 0 spiro atoms. The van der Waals surface area contributed by atoms with Gasteiger partial charge in [-0.2, -0.15) is 0 Å². The SMILES string of the molecule is Cl.NC1(C(=O)N2CCC(N3CC(COc4ccc(F)cc4)OCC3=O)CC2)CCCC1. The lowest BCUT2D eigenvalue weighted by molar-refractivity contribution is -0.156. The average molecular weight is 456 g/mol. The van der Waals surface area contributed by atoms with Gasteiger partial charge < -0.3 is 25.0 Å². The van der Waals surface area contributed by atoms with E-state index >= 15 is 0 Å². The predicted molar refractivity (Wildman–Crippen MR) is 116 cm³/mol. The molecule has 1 aromatic carbocycles. The van der Waals surface area contributed by atoms with Crippen molar-refractivity contribution < 1.29 is 23.5 Å². The van der Waals surface area contributed by atoms with Crippen molar-refractivity contribution in [3.05, 3.63) is 30.1 Å². The Labute approximate surface area is 188 Å². The number of likely N-dealkylation sites (tertiary alicyclic amines) is 1. The Bertz CT molecular complexity index is 765. The Balaban J connectivity index is 0.00000272. The molecule has 31 heavy (non-hydrogen) atoms. The third kappa shape index (κ3) is 5.48. The molecule has 4 rings (SSSR count). The number of benzene rings is 1. The largest absolute Gasteiger partial charge is 0.491 e. The highest BCUT2D eigenvalue weighted by Crippen LogP contribution is 2.30. The lowest BCUT2D eigenvalue weighted by Gasteiger charge is -2.43. The fraction of sp³-hybridized carbons (Fsp3) is 0.636. The van der Waals surface area contributed by atoms with Crippen molar-refractivity contribution in [2.75, 3.05) is 32.8 Å². The summed E-state index contributed by atoms with van der Waals surface area (Å²) >= 11 is 0. The summed E-state index contributed by atoms with van der Waals surface area (Å²) in [7, 11) is 0. The molecule has 7 nitrogen and oxygen atoms in total. The normalized spacial score (nSPS) is 24.1. The molecule has 3 aliphatic rings. The number of nitrogens with two attached hydrogens (primary N) is 1. The van der Waals surface area contributed by atoms with Crippen molar-refractivity contribution in [2.24, 2.45) is 5.73 Å². The summed E-state index contributed by atoms with van der Waals surface area (Å²) in [6.45, 7) is 2.04. The van der Waals surface area contributed by atoms with Crippen molar-refractivity contribution in [1.29, 1.82) is 0 Å². The number of hydrogen-bond donors (Lipinski definition) is 1. The van der Waals surface area contributed by atoms with E-state index in [9.17, 15) is 14.0 Å². The van der Waals surface area contributed by atoms with Crippen molar-refractivity contribution in [3.8, 4) is 5.75 Å². The lowest BCUT2D eigenvalue weighted by atomic mass is 9.94. The van der Waals surface area contributed by atoms with Crippen LogP contribution in [0.2, 0.25) is 0 Å². The highest BCUT2D eigenvalue weighted by molar-refractivity contribution is 5.86. The minimum absolute atomic E-state index is 0. The van der Waals surface area contributed by atoms with Gasteiger partial charge in [-0.05, 0) is 49.9 Å². The zero-order valence-corrected chi connectivity index (χ0v) is 18.4. The summed E-state index contributed by atoms with van der Waals surface area (Å²) in [6.07, 6.45) is 4.83. The number of piperidine rings is 1. The van der Waals surface area contributed by atoms with Crippen LogP contribution in [0.3, 0.4) is 0 Å². The molecule has 2 heterocycles. The van der Waals surface area contributed by atoms with Gasteiger partial charge in [-0.1, -0.05) is 12.8 Å². The van der Waals surface area contributed by atoms with Crippen molar-refractivity contribution >= 4 is 24.2 Å². The van der Waals surface area contributed by atoms with Gasteiger partial charge in [0.2, 0.25) is 11.8 Å². The molecule has 0 bridgehead atoms. The van der Waals surface area contributed by atoms with E-state index in [1.54, 1.807) is 12.1 Å². The smallest absolute Gasteiger partial charge is 0.248 e. The summed E-state index contributed by atoms with van der Waals surface area (Å²) < 4.78 is 24.3. The number of amides is 2. The van der Waals surface area contributed by atoms with Gasteiger partial charge in [0.15, 0.2) is 0 Å². The highest BCUT2D eigenvalue weighted by atomic mass is 35.5. The van der Waals surface area contributed by atoms with E-state index in [2.05, 4.69) is 0 Å². The first-order valence-corrected chi connectivity index (χ1v) is 10.8. The van der Waals surface area contributed by atoms with E-state index in [0.717, 1.165) is 38.5 Å². The maximum Gasteiger partial charge on any atom is 0.248 e. The van der Waals surface area contributed by atoms with Crippen molar-refractivity contribution in [1.82, 2.24) is 9.80 Å². The standard InChI is InChI=1S/C22H30FN3O4.ClH/c23-16-3-5-18(6-4-16)29-14-19-13-26(20(27)15-30-19)17-7-11-25(12-8-17)21(28)22(24)9-1-2-10-22;/h3-6,17,19H,1-2,7-15,24H2;1H. The summed E-state index contributed by atoms with van der Waals surface area (Å²) in [6, 6.07) is 5.93. The minimum Gasteiger partial charge on any atom is -0.491 e. The highest BCUT2D eigenvalue weighted by Gasteiger charge is 2.42. The Hall–Kier alpha value is -1.90. The summed E-state index contributed by atoms with van der Waals surface area (Å²) in [5.74, 6) is 0.297. The molecule has 1 aliphatic carbocycles. The molecule has 3 fully saturated rings. The van der Waals surface area contributed by atoms with E-state index in [1.807, 2.05) is 9.80 Å². The third-order valence-electron chi connectivity index (χ3n) is 6.53. The van der Waals surface area contributed by atoms with Gasteiger partial charge in [-0.25, -0.2) is 4.39 Å². The molecule has 172 valence electrons.